The number of nitrogens with one attached hydrogen (secondary N) is 1. The zero-order valence-electron chi connectivity index (χ0n) is 10.4. The molecule has 1 aromatic heterocycles. The number of thiophene rings is 1. The molecule has 0 spiro atoms. The van der Waals surface area contributed by atoms with Crippen LogP contribution in [0.15, 0.2) is 41.1 Å². The summed E-state index contributed by atoms with van der Waals surface area (Å²) in [7, 11) is 0. The lowest BCUT2D eigenvalue weighted by molar-refractivity contribution is -0.111. The van der Waals surface area contributed by atoms with Gasteiger partial charge in [0.25, 0.3) is 0 Å². The highest BCUT2D eigenvalue weighted by Gasteiger charge is 2.01. The molecule has 0 aliphatic heterocycles. The summed E-state index contributed by atoms with van der Waals surface area (Å²) in [6, 6.07) is 7.95. The van der Waals surface area contributed by atoms with Crippen molar-refractivity contribution in [3.8, 4) is 0 Å². The van der Waals surface area contributed by atoms with Crippen LogP contribution in [0.5, 0.6) is 0 Å². The molecule has 0 aliphatic rings. The lowest BCUT2D eigenvalue weighted by Gasteiger charge is -2.06. The Kier molecular flexibility index (Phi) is 3.95. The average Bonchev–Trinajstić information content (AvgIpc) is 2.83. The predicted octanol–water partition coefficient (Wildman–Crippen LogP) is 4.02. The molecular formula is C15H15NOS. The third kappa shape index (κ3) is 3.31. The smallest absolute Gasteiger partial charge is 0.248 e. The lowest BCUT2D eigenvalue weighted by Crippen LogP contribution is -2.08. The Morgan fingerprint density at radius 1 is 1.28 bits per heavy atom. The largest absolute Gasteiger partial charge is 0.322 e. The molecule has 2 aromatic rings. The number of carbonyl (C=O) groups excluding carboxylic acids is 1. The van der Waals surface area contributed by atoms with Gasteiger partial charge in [0.15, 0.2) is 0 Å². The summed E-state index contributed by atoms with van der Waals surface area (Å²) in [5.74, 6) is -0.104. The van der Waals surface area contributed by atoms with Crippen LogP contribution in [0.25, 0.3) is 6.08 Å². The van der Waals surface area contributed by atoms with Crippen molar-refractivity contribution in [2.75, 3.05) is 5.32 Å². The highest BCUT2D eigenvalue weighted by molar-refractivity contribution is 7.08. The van der Waals surface area contributed by atoms with E-state index in [-0.39, 0.29) is 5.91 Å². The monoisotopic (exact) mass is 257 g/mol. The van der Waals surface area contributed by atoms with Crippen molar-refractivity contribution in [1.29, 1.82) is 0 Å². The molecule has 0 bridgehead atoms. The normalized spacial score (nSPS) is 10.8. The number of carbonyl (C=O) groups is 1. The highest BCUT2D eigenvalue weighted by atomic mass is 32.1. The fourth-order valence-corrected chi connectivity index (χ4v) is 2.30. The first-order valence-corrected chi connectivity index (χ1v) is 6.68. The van der Waals surface area contributed by atoms with Gasteiger partial charge in [-0.15, -0.1) is 0 Å². The Balaban J connectivity index is 2.03. The van der Waals surface area contributed by atoms with Crippen molar-refractivity contribution in [2.45, 2.75) is 13.8 Å². The van der Waals surface area contributed by atoms with Crippen molar-refractivity contribution in [3.05, 3.63) is 57.8 Å². The van der Waals surface area contributed by atoms with Gasteiger partial charge < -0.3 is 5.32 Å². The minimum absolute atomic E-state index is 0.104. The van der Waals surface area contributed by atoms with Gasteiger partial charge in [0, 0.05) is 11.8 Å². The quantitative estimate of drug-likeness (QED) is 0.827. The molecule has 0 unspecified atom stereocenters. The highest BCUT2D eigenvalue weighted by Crippen LogP contribution is 2.16. The second-order valence-corrected chi connectivity index (χ2v) is 4.98. The zero-order valence-corrected chi connectivity index (χ0v) is 11.3. The molecule has 1 aromatic carbocycles. The Hall–Kier alpha value is -1.87. The molecule has 1 amide bonds. The van der Waals surface area contributed by atoms with E-state index in [4.69, 9.17) is 0 Å². The number of anilines is 1. The van der Waals surface area contributed by atoms with Crippen LogP contribution in [-0.4, -0.2) is 5.91 Å². The summed E-state index contributed by atoms with van der Waals surface area (Å²) in [5.41, 5.74) is 4.18. The van der Waals surface area contributed by atoms with Gasteiger partial charge in [0.05, 0.1) is 0 Å². The molecule has 0 aliphatic carbocycles. The van der Waals surface area contributed by atoms with E-state index in [9.17, 15) is 4.79 Å². The maximum Gasteiger partial charge on any atom is 0.248 e. The third-order valence-corrected chi connectivity index (χ3v) is 3.31. The Morgan fingerprint density at radius 2 is 2.11 bits per heavy atom. The van der Waals surface area contributed by atoms with E-state index in [0.717, 1.165) is 16.8 Å². The first-order valence-electron chi connectivity index (χ1n) is 5.73. The van der Waals surface area contributed by atoms with E-state index in [0.29, 0.717) is 0 Å². The van der Waals surface area contributed by atoms with Crippen molar-refractivity contribution >= 4 is 29.0 Å². The lowest BCUT2D eigenvalue weighted by atomic mass is 10.1. The molecule has 0 saturated heterocycles. The molecule has 0 saturated carbocycles. The second-order valence-electron chi connectivity index (χ2n) is 4.20. The molecule has 0 fully saturated rings. The van der Waals surface area contributed by atoms with Crippen LogP contribution in [-0.2, 0) is 4.79 Å². The minimum atomic E-state index is -0.104. The van der Waals surface area contributed by atoms with Crippen LogP contribution in [0.3, 0.4) is 0 Å². The van der Waals surface area contributed by atoms with Gasteiger partial charge in [-0.05, 0) is 53.9 Å². The van der Waals surface area contributed by atoms with Crippen molar-refractivity contribution in [2.24, 2.45) is 0 Å². The van der Waals surface area contributed by atoms with Gasteiger partial charge in [0.2, 0.25) is 5.91 Å². The summed E-state index contributed by atoms with van der Waals surface area (Å²) in [4.78, 5) is 11.8. The fraction of sp³-hybridized carbons (Fsp3) is 0.133. The topological polar surface area (TPSA) is 29.1 Å². The first-order chi connectivity index (χ1) is 8.65. The van der Waals surface area contributed by atoms with Crippen molar-refractivity contribution < 1.29 is 4.79 Å². The van der Waals surface area contributed by atoms with Crippen LogP contribution in [0.2, 0.25) is 0 Å². The van der Waals surface area contributed by atoms with Crippen LogP contribution >= 0.6 is 11.3 Å². The Morgan fingerprint density at radius 3 is 2.78 bits per heavy atom. The van der Waals surface area contributed by atoms with E-state index < -0.39 is 0 Å². The molecular weight excluding hydrogens is 242 g/mol. The Bertz CT molecular complexity index is 570. The number of hydrogen-bond acceptors (Lipinski definition) is 2. The SMILES string of the molecule is Cc1ccc(NC(=O)/C=C/c2ccsc2)c(C)c1. The molecule has 3 heteroatoms. The first kappa shape index (κ1) is 12.6. The number of aryl methyl sites for hydroxylation is 2. The van der Waals surface area contributed by atoms with Crippen LogP contribution in [0.1, 0.15) is 16.7 Å². The maximum atomic E-state index is 11.8. The maximum absolute atomic E-state index is 11.8. The average molecular weight is 257 g/mol. The van der Waals surface area contributed by atoms with Crippen LogP contribution in [0, 0.1) is 13.8 Å². The van der Waals surface area contributed by atoms with Gasteiger partial charge in [-0.2, -0.15) is 11.3 Å². The number of hydrogen-bond donors (Lipinski definition) is 1. The predicted molar refractivity (Wildman–Crippen MR) is 77.9 cm³/mol. The zero-order chi connectivity index (χ0) is 13.0. The summed E-state index contributed by atoms with van der Waals surface area (Å²) < 4.78 is 0. The molecule has 2 nitrogen and oxygen atoms in total. The van der Waals surface area contributed by atoms with Gasteiger partial charge in [0.1, 0.15) is 0 Å². The molecule has 92 valence electrons. The molecule has 2 rings (SSSR count). The van der Waals surface area contributed by atoms with E-state index >= 15 is 0 Å². The minimum Gasteiger partial charge on any atom is -0.322 e. The number of amides is 1. The number of benzene rings is 1. The standard InChI is InChI=1S/C15H15NOS/c1-11-3-5-14(12(2)9-11)16-15(17)6-4-13-7-8-18-10-13/h3-10H,1-2H3,(H,16,17)/b6-4+. The summed E-state index contributed by atoms with van der Waals surface area (Å²) >= 11 is 1.62. The van der Waals surface area contributed by atoms with Crippen molar-refractivity contribution in [1.82, 2.24) is 0 Å². The van der Waals surface area contributed by atoms with E-state index in [1.165, 1.54) is 5.56 Å². The summed E-state index contributed by atoms with van der Waals surface area (Å²) in [5, 5.41) is 6.87. The summed E-state index contributed by atoms with van der Waals surface area (Å²) in [6.07, 6.45) is 3.37. The van der Waals surface area contributed by atoms with E-state index in [1.54, 1.807) is 17.4 Å². The molecule has 18 heavy (non-hydrogen) atoms. The van der Waals surface area contributed by atoms with Gasteiger partial charge in [-0.25, -0.2) is 0 Å². The molecule has 1 heterocycles. The summed E-state index contributed by atoms with van der Waals surface area (Å²) in [6.45, 7) is 4.03. The van der Waals surface area contributed by atoms with Gasteiger partial charge >= 0.3 is 0 Å². The van der Waals surface area contributed by atoms with Gasteiger partial charge in [-0.3, -0.25) is 4.79 Å². The number of rotatable bonds is 3. The van der Waals surface area contributed by atoms with Crippen LogP contribution < -0.4 is 5.32 Å². The second kappa shape index (κ2) is 5.65. The molecule has 0 radical (unpaired) electrons. The third-order valence-electron chi connectivity index (χ3n) is 2.61. The fourth-order valence-electron chi connectivity index (χ4n) is 1.67. The molecule has 0 atom stereocenters. The van der Waals surface area contributed by atoms with Crippen LogP contribution in [0.4, 0.5) is 5.69 Å². The van der Waals surface area contributed by atoms with Crippen molar-refractivity contribution in [3.63, 3.8) is 0 Å². The molecule has 1 N–H and O–H groups in total. The Labute approximate surface area is 111 Å². The van der Waals surface area contributed by atoms with Gasteiger partial charge in [-0.1, -0.05) is 17.7 Å². The van der Waals surface area contributed by atoms with E-state index in [2.05, 4.69) is 11.4 Å². The van der Waals surface area contributed by atoms with E-state index in [1.807, 2.05) is 48.9 Å².